The van der Waals surface area contributed by atoms with Crippen LogP contribution in [0.5, 0.6) is 0 Å². The lowest BCUT2D eigenvalue weighted by Gasteiger charge is -2.26. The lowest BCUT2D eigenvalue weighted by atomic mass is 9.87. The van der Waals surface area contributed by atoms with Gasteiger partial charge in [-0.1, -0.05) is 36.1 Å². The molecule has 0 radical (unpaired) electrons. The maximum absolute atomic E-state index is 12.8. The first-order valence-electron chi connectivity index (χ1n) is 12.9. The summed E-state index contributed by atoms with van der Waals surface area (Å²) in [5, 5.41) is 13.1. The molecule has 38 heavy (non-hydrogen) atoms. The molecule has 1 fully saturated rings. The van der Waals surface area contributed by atoms with Crippen LogP contribution in [0, 0.1) is 11.8 Å². The fraction of sp³-hybridized carbons (Fsp3) is 0.400. The Morgan fingerprint density at radius 2 is 1.68 bits per heavy atom. The van der Waals surface area contributed by atoms with Gasteiger partial charge in [0.05, 0.1) is 25.5 Å². The third-order valence-corrected chi connectivity index (χ3v) is 6.83. The molecule has 1 saturated heterocycles. The number of ether oxygens (including phenoxy) is 1. The standard InChI is InChI=1S/C30H33F2N3O3/c1-21(34-19-29(31)32)26(18-27-30(37)28(36)12-13-33-27)25-10-8-23(9-11-25)3-2-22-4-6-24(7-5-22)20-35-14-16-38-17-15-35/h4-11,13,21,26,29,34,37H,12,14-20H2,1H3. The van der Waals surface area contributed by atoms with Gasteiger partial charge in [-0.15, -0.1) is 0 Å². The molecule has 4 rings (SSSR count). The molecular formula is C30H33F2N3O3. The molecule has 200 valence electrons. The number of aliphatic hydroxyl groups is 1. The molecule has 2 aromatic carbocycles. The van der Waals surface area contributed by atoms with Crippen LogP contribution in [0.25, 0.3) is 0 Å². The third-order valence-electron chi connectivity index (χ3n) is 6.83. The zero-order valence-corrected chi connectivity index (χ0v) is 21.5. The molecule has 0 spiro atoms. The number of morpholine rings is 1. The van der Waals surface area contributed by atoms with Crippen molar-refractivity contribution >= 4 is 12.0 Å². The van der Waals surface area contributed by atoms with Crippen molar-refractivity contribution < 1.29 is 23.4 Å². The normalized spacial score (nSPS) is 17.8. The number of Topliss-reactive ketones (excluding diaryl/α,β-unsaturated/α-hetero) is 1. The Labute approximate surface area is 222 Å². The van der Waals surface area contributed by atoms with Crippen LogP contribution in [-0.4, -0.2) is 67.3 Å². The Morgan fingerprint density at radius 3 is 2.32 bits per heavy atom. The highest BCUT2D eigenvalue weighted by Gasteiger charge is 2.26. The Bertz CT molecular complexity index is 1210. The number of aliphatic imine (C=N–C) groups is 1. The molecule has 6 nitrogen and oxygen atoms in total. The number of benzene rings is 2. The number of alkyl halides is 2. The summed E-state index contributed by atoms with van der Waals surface area (Å²) in [4.78, 5) is 18.5. The first-order valence-corrected chi connectivity index (χ1v) is 12.9. The van der Waals surface area contributed by atoms with Gasteiger partial charge >= 0.3 is 0 Å². The summed E-state index contributed by atoms with van der Waals surface area (Å²) in [6, 6.07) is 15.5. The predicted molar refractivity (Wildman–Crippen MR) is 144 cm³/mol. The predicted octanol–water partition coefficient (Wildman–Crippen LogP) is 4.45. The van der Waals surface area contributed by atoms with Crippen molar-refractivity contribution in [2.24, 2.45) is 4.99 Å². The lowest BCUT2D eigenvalue weighted by Crippen LogP contribution is -2.36. The number of rotatable bonds is 9. The monoisotopic (exact) mass is 521 g/mol. The molecule has 0 aromatic heterocycles. The number of allylic oxidation sites excluding steroid dienone is 2. The van der Waals surface area contributed by atoms with Crippen LogP contribution < -0.4 is 5.32 Å². The second-order valence-electron chi connectivity index (χ2n) is 9.59. The summed E-state index contributed by atoms with van der Waals surface area (Å²) < 4.78 is 31.1. The highest BCUT2D eigenvalue weighted by molar-refractivity contribution is 6.04. The number of nitrogens with one attached hydrogen (secondary N) is 1. The number of aliphatic hydroxyl groups excluding tert-OH is 1. The lowest BCUT2D eigenvalue weighted by molar-refractivity contribution is -0.117. The van der Waals surface area contributed by atoms with E-state index in [0.717, 1.165) is 49.5 Å². The van der Waals surface area contributed by atoms with Crippen molar-refractivity contribution in [3.8, 4) is 11.8 Å². The van der Waals surface area contributed by atoms with Crippen LogP contribution in [-0.2, 0) is 16.1 Å². The van der Waals surface area contributed by atoms with Crippen molar-refractivity contribution in [3.05, 3.63) is 82.2 Å². The number of carbonyl (C=O) groups is 1. The van der Waals surface area contributed by atoms with Crippen LogP contribution in [0.1, 0.15) is 47.9 Å². The van der Waals surface area contributed by atoms with Gasteiger partial charge in [0.15, 0.2) is 5.76 Å². The van der Waals surface area contributed by atoms with E-state index in [-0.39, 0.29) is 42.0 Å². The average molecular weight is 522 g/mol. The van der Waals surface area contributed by atoms with Crippen molar-refractivity contribution in [1.82, 2.24) is 10.2 Å². The number of hydrogen-bond donors (Lipinski definition) is 2. The Balaban J connectivity index is 1.45. The van der Waals surface area contributed by atoms with E-state index in [9.17, 15) is 18.7 Å². The van der Waals surface area contributed by atoms with Gasteiger partial charge in [0.2, 0.25) is 5.78 Å². The Kier molecular flexibility index (Phi) is 9.77. The van der Waals surface area contributed by atoms with Gasteiger partial charge in [-0.2, -0.15) is 0 Å². The van der Waals surface area contributed by atoms with Crippen LogP contribution in [0.15, 0.2) is 65.0 Å². The van der Waals surface area contributed by atoms with E-state index < -0.39 is 13.0 Å². The fourth-order valence-corrected chi connectivity index (χ4v) is 4.58. The molecule has 2 heterocycles. The second-order valence-corrected chi connectivity index (χ2v) is 9.59. The minimum atomic E-state index is -2.48. The quantitative estimate of drug-likeness (QED) is 0.477. The largest absolute Gasteiger partial charge is 0.503 e. The molecule has 2 aliphatic rings. The SMILES string of the molecule is CC(NCC(F)F)C(CC1=C(O)C(=O)CC=N1)c1ccc(C#Cc2ccc(CN3CCOCC3)cc2)cc1. The van der Waals surface area contributed by atoms with E-state index in [2.05, 4.69) is 39.2 Å². The van der Waals surface area contributed by atoms with Crippen LogP contribution in [0.2, 0.25) is 0 Å². The number of nitrogens with zero attached hydrogens (tertiary/aromatic N) is 2. The molecule has 2 aliphatic heterocycles. The first-order chi connectivity index (χ1) is 18.4. The van der Waals surface area contributed by atoms with Crippen molar-refractivity contribution in [3.63, 3.8) is 0 Å². The summed E-state index contributed by atoms with van der Waals surface area (Å²) >= 11 is 0. The summed E-state index contributed by atoms with van der Waals surface area (Å²) in [5.74, 6) is 5.36. The maximum atomic E-state index is 12.8. The molecule has 2 unspecified atom stereocenters. The number of halogens is 2. The van der Waals surface area contributed by atoms with Gasteiger partial charge in [-0.05, 0) is 42.3 Å². The maximum Gasteiger partial charge on any atom is 0.250 e. The number of hydrogen-bond acceptors (Lipinski definition) is 6. The first kappa shape index (κ1) is 27.6. The van der Waals surface area contributed by atoms with Gasteiger partial charge in [0.25, 0.3) is 6.43 Å². The summed E-state index contributed by atoms with van der Waals surface area (Å²) in [5.41, 5.74) is 4.15. The van der Waals surface area contributed by atoms with Gasteiger partial charge in [-0.3, -0.25) is 14.7 Å². The van der Waals surface area contributed by atoms with E-state index in [4.69, 9.17) is 4.74 Å². The van der Waals surface area contributed by atoms with E-state index in [0.29, 0.717) is 0 Å². The molecule has 8 heteroatoms. The second kappa shape index (κ2) is 13.4. The van der Waals surface area contributed by atoms with Crippen LogP contribution in [0.3, 0.4) is 0 Å². The molecule has 2 N–H and O–H groups in total. The minimum absolute atomic E-state index is 0.0587. The topological polar surface area (TPSA) is 74.2 Å². The molecular weight excluding hydrogens is 488 g/mol. The van der Waals surface area contributed by atoms with Crippen LogP contribution >= 0.6 is 0 Å². The molecule has 0 bridgehead atoms. The summed E-state index contributed by atoms with van der Waals surface area (Å²) in [6.45, 7) is 5.73. The van der Waals surface area contributed by atoms with Gasteiger partial charge < -0.3 is 15.2 Å². The van der Waals surface area contributed by atoms with Crippen molar-refractivity contribution in [2.45, 2.75) is 44.7 Å². The molecule has 0 saturated carbocycles. The summed E-state index contributed by atoms with van der Waals surface area (Å²) in [7, 11) is 0. The number of ketones is 1. The smallest absolute Gasteiger partial charge is 0.250 e. The van der Waals surface area contributed by atoms with Crippen molar-refractivity contribution in [1.29, 1.82) is 0 Å². The number of carbonyl (C=O) groups excluding carboxylic acids is 1. The Morgan fingerprint density at radius 1 is 1.05 bits per heavy atom. The van der Waals surface area contributed by atoms with E-state index in [1.54, 1.807) is 0 Å². The average Bonchev–Trinajstić information content (AvgIpc) is 2.93. The van der Waals surface area contributed by atoms with Crippen molar-refractivity contribution in [2.75, 3.05) is 32.8 Å². The van der Waals surface area contributed by atoms with Gasteiger partial charge in [-0.25, -0.2) is 8.78 Å². The van der Waals surface area contributed by atoms with E-state index in [1.165, 1.54) is 11.8 Å². The fourth-order valence-electron chi connectivity index (χ4n) is 4.58. The Hall–Kier alpha value is -3.38. The molecule has 2 atom stereocenters. The minimum Gasteiger partial charge on any atom is -0.503 e. The van der Waals surface area contributed by atoms with Crippen LogP contribution in [0.4, 0.5) is 8.78 Å². The third kappa shape index (κ3) is 7.81. The molecule has 2 aromatic rings. The van der Waals surface area contributed by atoms with E-state index >= 15 is 0 Å². The van der Waals surface area contributed by atoms with E-state index in [1.807, 2.05) is 43.3 Å². The zero-order chi connectivity index (χ0) is 26.9. The highest BCUT2D eigenvalue weighted by Crippen LogP contribution is 2.30. The zero-order valence-electron chi connectivity index (χ0n) is 21.5. The van der Waals surface area contributed by atoms with Gasteiger partial charge in [0, 0.05) is 61.8 Å². The molecule has 0 aliphatic carbocycles. The van der Waals surface area contributed by atoms with Gasteiger partial charge in [0.1, 0.15) is 0 Å². The highest BCUT2D eigenvalue weighted by atomic mass is 19.3. The summed E-state index contributed by atoms with van der Waals surface area (Å²) in [6.07, 6.45) is -0.707. The molecule has 0 amide bonds.